The highest BCUT2D eigenvalue weighted by Gasteiger charge is 2.50. The minimum absolute atomic E-state index is 0.0555. The van der Waals surface area contributed by atoms with Gasteiger partial charge in [0.25, 0.3) is 0 Å². The second kappa shape index (κ2) is 3.86. The number of rotatable bonds is 3. The van der Waals surface area contributed by atoms with E-state index in [1.165, 1.54) is 12.1 Å². The average molecular weight is 225 g/mol. The Kier molecular flexibility index (Phi) is 3.05. The van der Waals surface area contributed by atoms with Gasteiger partial charge in [-0.3, -0.25) is 0 Å². The van der Waals surface area contributed by atoms with Crippen LogP contribution in [0, 0.1) is 6.92 Å². The van der Waals surface area contributed by atoms with E-state index in [9.17, 15) is 15.0 Å². The third kappa shape index (κ3) is 1.92. The second-order valence-electron chi connectivity index (χ2n) is 4.05. The Bertz CT molecular complexity index is 412. The van der Waals surface area contributed by atoms with Gasteiger partial charge in [0.1, 0.15) is 0 Å². The van der Waals surface area contributed by atoms with E-state index >= 15 is 0 Å². The van der Waals surface area contributed by atoms with Gasteiger partial charge >= 0.3 is 5.97 Å². The van der Waals surface area contributed by atoms with Crippen LogP contribution < -0.4 is 5.73 Å². The van der Waals surface area contributed by atoms with E-state index in [1.807, 2.05) is 0 Å². The van der Waals surface area contributed by atoms with E-state index in [0.717, 1.165) is 12.5 Å². The second-order valence-corrected chi connectivity index (χ2v) is 4.05. The summed E-state index contributed by atoms with van der Waals surface area (Å²) in [5, 5.41) is 28.6. The fraction of sp³-hybridized carbons (Fsp3) is 0.364. The summed E-state index contributed by atoms with van der Waals surface area (Å²) in [5.41, 5.74) is 4.08. The number of aryl methyl sites for hydroxylation is 1. The molecule has 16 heavy (non-hydrogen) atoms. The lowest BCUT2D eigenvalue weighted by Crippen LogP contribution is -2.61. The Morgan fingerprint density at radius 3 is 2.38 bits per heavy atom. The number of benzene rings is 1. The molecular formula is C11H15NO4. The van der Waals surface area contributed by atoms with Crippen LogP contribution in [0.15, 0.2) is 24.3 Å². The van der Waals surface area contributed by atoms with Crippen molar-refractivity contribution in [1.82, 2.24) is 0 Å². The number of aliphatic carboxylic acids is 1. The number of carboxylic acid groups (broad SMARTS) is 1. The molecule has 0 spiro atoms. The Morgan fingerprint density at radius 2 is 1.94 bits per heavy atom. The lowest BCUT2D eigenvalue weighted by Gasteiger charge is -2.34. The number of aliphatic hydroxyl groups is 2. The summed E-state index contributed by atoms with van der Waals surface area (Å²) in [6.07, 6.45) is 0. The summed E-state index contributed by atoms with van der Waals surface area (Å²) in [4.78, 5) is 10.9. The molecule has 1 aromatic carbocycles. The first-order valence-electron chi connectivity index (χ1n) is 4.73. The van der Waals surface area contributed by atoms with Crippen molar-refractivity contribution in [2.45, 2.75) is 25.2 Å². The van der Waals surface area contributed by atoms with E-state index in [0.29, 0.717) is 0 Å². The zero-order valence-corrected chi connectivity index (χ0v) is 9.14. The molecule has 1 aromatic rings. The largest absolute Gasteiger partial charge is 0.480 e. The molecule has 1 unspecified atom stereocenters. The quantitative estimate of drug-likeness (QED) is 0.539. The van der Waals surface area contributed by atoms with Crippen molar-refractivity contribution < 1.29 is 20.1 Å². The summed E-state index contributed by atoms with van der Waals surface area (Å²) in [6.45, 7) is 2.81. The lowest BCUT2D eigenvalue weighted by atomic mass is 9.86. The molecule has 0 aliphatic carbocycles. The van der Waals surface area contributed by atoms with Crippen molar-refractivity contribution in [2.75, 3.05) is 0 Å². The van der Waals surface area contributed by atoms with Crippen molar-refractivity contribution in [2.24, 2.45) is 5.73 Å². The van der Waals surface area contributed by atoms with Gasteiger partial charge in [-0.05, 0) is 13.8 Å². The summed E-state index contributed by atoms with van der Waals surface area (Å²) >= 11 is 0. The lowest BCUT2D eigenvalue weighted by molar-refractivity contribution is -0.222. The van der Waals surface area contributed by atoms with Crippen LogP contribution in [-0.4, -0.2) is 26.8 Å². The van der Waals surface area contributed by atoms with E-state index < -0.39 is 17.3 Å². The van der Waals surface area contributed by atoms with E-state index in [1.54, 1.807) is 19.1 Å². The maximum absolute atomic E-state index is 10.9. The number of hydrogen-bond donors (Lipinski definition) is 4. The molecule has 1 rings (SSSR count). The normalized spacial score (nSPS) is 15.6. The topological polar surface area (TPSA) is 104 Å². The van der Waals surface area contributed by atoms with Crippen LogP contribution in [0.2, 0.25) is 0 Å². The van der Waals surface area contributed by atoms with Crippen LogP contribution in [-0.2, 0) is 10.6 Å². The molecule has 5 nitrogen and oxygen atoms in total. The number of hydrogen-bond acceptors (Lipinski definition) is 4. The van der Waals surface area contributed by atoms with Gasteiger partial charge in [0, 0.05) is 5.56 Å². The van der Waals surface area contributed by atoms with Crippen molar-refractivity contribution in [1.29, 1.82) is 0 Å². The summed E-state index contributed by atoms with van der Waals surface area (Å²) in [7, 11) is 0. The Balaban J connectivity index is 3.26. The number of carbonyl (C=O) groups is 1. The predicted molar refractivity (Wildman–Crippen MR) is 57.5 cm³/mol. The van der Waals surface area contributed by atoms with E-state index in [4.69, 9.17) is 10.8 Å². The Labute approximate surface area is 93.1 Å². The standard InChI is InChI=1S/C11H15NO4/c1-7-4-3-5-8(6-7)11(15,16)10(2,12)9(13)14/h3-6,15-16H,12H2,1-2H3,(H,13,14). The molecule has 5 N–H and O–H groups in total. The van der Waals surface area contributed by atoms with E-state index in [2.05, 4.69) is 0 Å². The van der Waals surface area contributed by atoms with Gasteiger partial charge in [-0.2, -0.15) is 0 Å². The third-order valence-corrected chi connectivity index (χ3v) is 2.59. The van der Waals surface area contributed by atoms with Gasteiger partial charge < -0.3 is 21.1 Å². The predicted octanol–water partition coefficient (Wildman–Crippen LogP) is -0.0656. The zero-order valence-electron chi connectivity index (χ0n) is 9.14. The zero-order chi connectivity index (χ0) is 12.6. The molecule has 0 radical (unpaired) electrons. The highest BCUT2D eigenvalue weighted by Crippen LogP contribution is 2.29. The van der Waals surface area contributed by atoms with Gasteiger partial charge in [0.15, 0.2) is 5.54 Å². The van der Waals surface area contributed by atoms with Crippen LogP contribution >= 0.6 is 0 Å². The molecule has 0 fully saturated rings. The molecule has 0 aromatic heterocycles. The van der Waals surface area contributed by atoms with Crippen molar-refractivity contribution in [3.05, 3.63) is 35.4 Å². The van der Waals surface area contributed by atoms with Gasteiger partial charge in [0.05, 0.1) is 0 Å². The molecular weight excluding hydrogens is 210 g/mol. The minimum atomic E-state index is -2.62. The maximum atomic E-state index is 10.9. The molecule has 0 amide bonds. The number of nitrogens with two attached hydrogens (primary N) is 1. The van der Waals surface area contributed by atoms with Crippen LogP contribution in [0.5, 0.6) is 0 Å². The van der Waals surface area contributed by atoms with E-state index in [-0.39, 0.29) is 5.56 Å². The smallest absolute Gasteiger partial charge is 0.329 e. The molecule has 1 atom stereocenters. The van der Waals surface area contributed by atoms with Crippen LogP contribution in [0.4, 0.5) is 0 Å². The molecule has 0 heterocycles. The fourth-order valence-electron chi connectivity index (χ4n) is 1.31. The Morgan fingerprint density at radius 1 is 1.38 bits per heavy atom. The van der Waals surface area contributed by atoms with Crippen LogP contribution in [0.1, 0.15) is 18.1 Å². The molecule has 0 aliphatic heterocycles. The highest BCUT2D eigenvalue weighted by molar-refractivity contribution is 5.79. The molecule has 0 saturated carbocycles. The number of carboxylic acids is 1. The minimum Gasteiger partial charge on any atom is -0.480 e. The van der Waals surface area contributed by atoms with Crippen molar-refractivity contribution in [3.63, 3.8) is 0 Å². The summed E-state index contributed by atoms with van der Waals surface area (Å²) < 4.78 is 0. The Hall–Kier alpha value is -1.43. The van der Waals surface area contributed by atoms with Crippen molar-refractivity contribution in [3.8, 4) is 0 Å². The first-order valence-corrected chi connectivity index (χ1v) is 4.73. The first kappa shape index (κ1) is 12.6. The van der Waals surface area contributed by atoms with Gasteiger partial charge in [0.2, 0.25) is 5.79 Å². The van der Waals surface area contributed by atoms with Gasteiger partial charge in [-0.25, -0.2) is 4.79 Å². The van der Waals surface area contributed by atoms with Crippen LogP contribution in [0.25, 0.3) is 0 Å². The fourth-order valence-corrected chi connectivity index (χ4v) is 1.31. The molecule has 0 bridgehead atoms. The van der Waals surface area contributed by atoms with Crippen molar-refractivity contribution >= 4 is 5.97 Å². The maximum Gasteiger partial charge on any atom is 0.329 e. The summed E-state index contributed by atoms with van der Waals surface area (Å²) in [6, 6.07) is 6.26. The average Bonchev–Trinajstić information content (AvgIpc) is 2.17. The molecule has 0 aliphatic rings. The first-order chi connectivity index (χ1) is 7.19. The molecule has 0 saturated heterocycles. The SMILES string of the molecule is Cc1cccc(C(O)(O)C(C)(N)C(=O)O)c1. The monoisotopic (exact) mass is 225 g/mol. The van der Waals surface area contributed by atoms with Gasteiger partial charge in [-0.15, -0.1) is 0 Å². The summed E-state index contributed by atoms with van der Waals surface area (Å²) in [5.74, 6) is -4.11. The highest BCUT2D eigenvalue weighted by atomic mass is 16.5. The van der Waals surface area contributed by atoms with Gasteiger partial charge in [-0.1, -0.05) is 29.8 Å². The molecule has 88 valence electrons. The molecule has 5 heteroatoms. The third-order valence-electron chi connectivity index (χ3n) is 2.59. The van der Waals surface area contributed by atoms with Crippen LogP contribution in [0.3, 0.4) is 0 Å².